The van der Waals surface area contributed by atoms with Crippen LogP contribution in [0.5, 0.6) is 0 Å². The molecule has 6 rings (SSSR count). The summed E-state index contributed by atoms with van der Waals surface area (Å²) in [6, 6.07) is 23.0. The molecule has 6 aromatic rings. The maximum Gasteiger partial charge on any atom is 0.328 e. The van der Waals surface area contributed by atoms with Crippen LogP contribution in [0.3, 0.4) is 0 Å². The molecule has 0 aliphatic carbocycles. The van der Waals surface area contributed by atoms with Crippen molar-refractivity contribution in [1.29, 1.82) is 0 Å². The summed E-state index contributed by atoms with van der Waals surface area (Å²) in [5.74, 6) is -0.179. The van der Waals surface area contributed by atoms with Crippen molar-refractivity contribution in [2.45, 2.75) is 51.5 Å². The monoisotopic (exact) mass is 574 g/mol. The minimum absolute atomic E-state index is 0.272. The van der Waals surface area contributed by atoms with Crippen molar-refractivity contribution in [2.24, 2.45) is 5.92 Å². The van der Waals surface area contributed by atoms with Crippen molar-refractivity contribution < 1.29 is 14.3 Å². The molecular weight excluding hydrogens is 536 g/mol. The number of esters is 1. The lowest BCUT2D eigenvalue weighted by molar-refractivity contribution is -0.148. The highest BCUT2D eigenvalue weighted by Gasteiger charge is 2.42. The van der Waals surface area contributed by atoms with Crippen LogP contribution in [0.15, 0.2) is 91.4 Å². The Bertz CT molecular complexity index is 1820. The number of hydrogen-bond donors (Lipinski definition) is 4. The normalized spacial score (nSPS) is 12.7. The molecule has 3 heterocycles. The van der Waals surface area contributed by atoms with E-state index in [1.807, 2.05) is 98.3 Å². The number of aromatic nitrogens is 3. The summed E-state index contributed by atoms with van der Waals surface area (Å²) in [5.41, 5.74) is 4.35. The summed E-state index contributed by atoms with van der Waals surface area (Å²) in [6.07, 6.45) is 7.77. The quantitative estimate of drug-likeness (QED) is 0.0977. The Morgan fingerprint density at radius 1 is 0.767 bits per heavy atom. The van der Waals surface area contributed by atoms with E-state index in [9.17, 15) is 9.59 Å². The van der Waals surface area contributed by atoms with Crippen LogP contribution in [0, 0.1) is 5.92 Å². The van der Waals surface area contributed by atoms with Crippen LogP contribution in [-0.4, -0.2) is 39.5 Å². The lowest BCUT2D eigenvalue weighted by atomic mass is 9.75. The largest absolute Gasteiger partial charge is 0.464 e. The number of carbonyl (C=O) groups is 2. The average molecular weight is 575 g/mol. The molecule has 1 amide bonds. The van der Waals surface area contributed by atoms with E-state index in [-0.39, 0.29) is 5.91 Å². The Balaban J connectivity index is 1.39. The number of aromatic amines is 3. The van der Waals surface area contributed by atoms with Gasteiger partial charge in [-0.25, -0.2) is 4.79 Å². The summed E-state index contributed by atoms with van der Waals surface area (Å²) in [7, 11) is 0. The highest BCUT2D eigenvalue weighted by Crippen LogP contribution is 2.40. The van der Waals surface area contributed by atoms with Gasteiger partial charge in [0.15, 0.2) is 0 Å². The molecule has 7 nitrogen and oxygen atoms in total. The molecule has 0 fully saturated rings. The summed E-state index contributed by atoms with van der Waals surface area (Å²) < 4.78 is 5.77. The topological polar surface area (TPSA) is 103 Å². The molecule has 0 spiro atoms. The second kappa shape index (κ2) is 11.8. The summed E-state index contributed by atoms with van der Waals surface area (Å²) in [5, 5.41) is 6.09. The first-order valence-corrected chi connectivity index (χ1v) is 15.0. The third kappa shape index (κ3) is 5.43. The van der Waals surface area contributed by atoms with Gasteiger partial charge < -0.3 is 25.0 Å². The summed E-state index contributed by atoms with van der Waals surface area (Å²) in [4.78, 5) is 38.4. The number of hydrogen-bond acceptors (Lipinski definition) is 3. The van der Waals surface area contributed by atoms with Crippen molar-refractivity contribution in [1.82, 2.24) is 20.3 Å². The van der Waals surface area contributed by atoms with Crippen LogP contribution >= 0.6 is 0 Å². The van der Waals surface area contributed by atoms with Crippen LogP contribution in [-0.2, 0) is 26.2 Å². The fraction of sp³-hybridized carbons (Fsp3) is 0.278. The lowest BCUT2D eigenvalue weighted by Crippen LogP contribution is -2.51. The number of amides is 1. The molecule has 3 aromatic heterocycles. The van der Waals surface area contributed by atoms with Gasteiger partial charge in [-0.15, -0.1) is 0 Å². The molecule has 0 saturated heterocycles. The number of rotatable bonds is 11. The van der Waals surface area contributed by atoms with Crippen LogP contribution < -0.4 is 5.32 Å². The van der Waals surface area contributed by atoms with Gasteiger partial charge in [0.05, 0.1) is 6.61 Å². The molecule has 0 aliphatic rings. The molecule has 0 bridgehead atoms. The van der Waals surface area contributed by atoms with Gasteiger partial charge in [-0.05, 0) is 60.6 Å². The van der Waals surface area contributed by atoms with Crippen molar-refractivity contribution in [3.8, 4) is 0 Å². The highest BCUT2D eigenvalue weighted by atomic mass is 16.5. The summed E-state index contributed by atoms with van der Waals surface area (Å²) in [6.45, 7) is 6.56. The number of nitrogens with one attached hydrogen (secondary N) is 4. The number of fused-ring (bicyclic) bond motifs is 3. The molecule has 0 saturated carbocycles. The van der Waals surface area contributed by atoms with E-state index in [1.54, 1.807) is 0 Å². The van der Waals surface area contributed by atoms with Crippen molar-refractivity contribution in [3.05, 3.63) is 108 Å². The molecule has 1 atom stereocenters. The van der Waals surface area contributed by atoms with E-state index in [0.29, 0.717) is 18.9 Å². The van der Waals surface area contributed by atoms with Crippen molar-refractivity contribution >= 4 is 44.6 Å². The highest BCUT2D eigenvalue weighted by molar-refractivity contribution is 6.03. The Hall–Kier alpha value is -4.78. The lowest BCUT2D eigenvalue weighted by Gasteiger charge is -2.30. The minimum Gasteiger partial charge on any atom is -0.464 e. The zero-order chi connectivity index (χ0) is 30.0. The van der Waals surface area contributed by atoms with Crippen molar-refractivity contribution in [3.63, 3.8) is 0 Å². The number of benzene rings is 3. The van der Waals surface area contributed by atoms with Gasteiger partial charge in [-0.2, -0.15) is 0 Å². The number of para-hydroxylation sites is 3. The summed E-state index contributed by atoms with van der Waals surface area (Å²) >= 11 is 0. The van der Waals surface area contributed by atoms with E-state index < -0.39 is 17.4 Å². The third-order valence-electron chi connectivity index (χ3n) is 8.57. The molecule has 220 valence electrons. The standard InChI is InChI=1S/C36H38N4O3/c1-23(2)11-10-18-43-34(41)33(19-24-20-37-30-15-7-4-12-25(24)30)40-35(42)36(3,28-21-38-31-16-8-5-13-26(28)31)29-22-39-32-17-9-6-14-27(29)32/h4-9,12-17,20-23,33,37-39H,10-11,18-19H2,1-3H3,(H,40,42)/t33-/m0/s1. The predicted octanol–water partition coefficient (Wildman–Crippen LogP) is 7.14. The molecule has 0 radical (unpaired) electrons. The van der Waals surface area contributed by atoms with Crippen LogP contribution in [0.4, 0.5) is 0 Å². The first-order valence-electron chi connectivity index (χ1n) is 15.0. The molecule has 3 aromatic carbocycles. The second-order valence-electron chi connectivity index (χ2n) is 11.9. The van der Waals surface area contributed by atoms with Crippen LogP contribution in [0.2, 0.25) is 0 Å². The minimum atomic E-state index is -1.13. The number of ether oxygens (including phenoxy) is 1. The third-order valence-corrected chi connectivity index (χ3v) is 8.57. The molecule has 0 aliphatic heterocycles. The smallest absolute Gasteiger partial charge is 0.328 e. The number of H-pyrrole nitrogens is 3. The van der Waals surface area contributed by atoms with E-state index in [1.165, 1.54) is 0 Å². The Morgan fingerprint density at radius 2 is 1.28 bits per heavy atom. The van der Waals surface area contributed by atoms with Crippen LogP contribution in [0.25, 0.3) is 32.7 Å². The van der Waals surface area contributed by atoms with Crippen molar-refractivity contribution in [2.75, 3.05) is 6.61 Å². The Morgan fingerprint density at radius 3 is 1.86 bits per heavy atom. The first kappa shape index (κ1) is 28.3. The Labute approximate surface area is 251 Å². The number of carbonyl (C=O) groups excluding carboxylic acids is 2. The van der Waals surface area contributed by atoms with Gasteiger partial charge in [0.1, 0.15) is 11.5 Å². The molecular formula is C36H38N4O3. The van der Waals surface area contributed by atoms with Gasteiger partial charge in [-0.1, -0.05) is 68.4 Å². The van der Waals surface area contributed by atoms with Gasteiger partial charge in [0.2, 0.25) is 5.91 Å². The Kier molecular flexibility index (Phi) is 7.80. The molecule has 0 unspecified atom stereocenters. The van der Waals surface area contributed by atoms with Gasteiger partial charge in [0.25, 0.3) is 0 Å². The van der Waals surface area contributed by atoms with Crippen LogP contribution in [0.1, 0.15) is 50.3 Å². The maximum atomic E-state index is 14.7. The maximum absolute atomic E-state index is 14.7. The van der Waals surface area contributed by atoms with E-state index >= 15 is 0 Å². The SMILES string of the molecule is CC(C)CCCOC(=O)[C@H](Cc1c[nH]c2ccccc12)NC(=O)C(C)(c1c[nH]c2ccccc12)c1c[nH]c2ccccc12. The van der Waals surface area contributed by atoms with Gasteiger partial charge in [0, 0.05) is 57.7 Å². The fourth-order valence-corrected chi connectivity index (χ4v) is 6.14. The molecule has 43 heavy (non-hydrogen) atoms. The average Bonchev–Trinajstić information content (AvgIpc) is 3.76. The van der Waals surface area contributed by atoms with Gasteiger partial charge >= 0.3 is 5.97 Å². The van der Waals surface area contributed by atoms with E-state index in [4.69, 9.17) is 4.74 Å². The second-order valence-corrected chi connectivity index (χ2v) is 11.9. The zero-order valence-electron chi connectivity index (χ0n) is 24.9. The molecule has 7 heteroatoms. The predicted molar refractivity (Wildman–Crippen MR) is 172 cm³/mol. The molecule has 4 N–H and O–H groups in total. The van der Waals surface area contributed by atoms with E-state index in [2.05, 4.69) is 34.1 Å². The zero-order valence-corrected chi connectivity index (χ0v) is 24.9. The first-order chi connectivity index (χ1) is 20.9. The van der Waals surface area contributed by atoms with E-state index in [0.717, 1.165) is 62.2 Å². The van der Waals surface area contributed by atoms with Gasteiger partial charge in [-0.3, -0.25) is 4.79 Å². The fourth-order valence-electron chi connectivity index (χ4n) is 6.14.